The number of nitrogen functional groups attached to an aromatic ring is 1. The van der Waals surface area contributed by atoms with Crippen LogP contribution in [0.25, 0.3) is 0 Å². The summed E-state index contributed by atoms with van der Waals surface area (Å²) in [5.41, 5.74) is 10.7. The monoisotopic (exact) mass is 469 g/mol. The van der Waals surface area contributed by atoms with Crippen molar-refractivity contribution in [2.45, 2.75) is 13.0 Å². The lowest BCUT2D eigenvalue weighted by Gasteiger charge is -2.16. The summed E-state index contributed by atoms with van der Waals surface area (Å²) in [7, 11) is 3.31. The molecule has 4 rings (SSSR count). The number of nitrogens with two attached hydrogens (primary N) is 1. The van der Waals surface area contributed by atoms with Crippen LogP contribution >= 0.6 is 0 Å². The molecule has 4 aromatic rings. The molecule has 180 valence electrons. The Morgan fingerprint density at radius 3 is 1.97 bits per heavy atom. The van der Waals surface area contributed by atoms with Gasteiger partial charge in [0.05, 0.1) is 19.8 Å². The zero-order valence-electron chi connectivity index (χ0n) is 20.1. The van der Waals surface area contributed by atoms with Gasteiger partial charge in [0.15, 0.2) is 0 Å². The molecule has 0 saturated heterocycles. The molecule has 4 aromatic carbocycles. The van der Waals surface area contributed by atoms with E-state index < -0.39 is 0 Å². The van der Waals surface area contributed by atoms with Crippen LogP contribution in [0.1, 0.15) is 11.1 Å². The van der Waals surface area contributed by atoms with E-state index in [0.717, 1.165) is 41.3 Å². The maximum atomic E-state index is 6.10. The molecule has 0 spiro atoms. The summed E-state index contributed by atoms with van der Waals surface area (Å²) in [6, 6.07) is 29.6. The first-order valence-electron chi connectivity index (χ1n) is 11.5. The number of hydrogen-bond donors (Lipinski definition) is 3. The summed E-state index contributed by atoms with van der Waals surface area (Å²) in [5, 5.41) is 6.84. The largest absolute Gasteiger partial charge is 0.496 e. The number of hydrogen-bond acceptors (Lipinski definition) is 6. The number of nitrogens with one attached hydrogen (secondary N) is 2. The Morgan fingerprint density at radius 2 is 1.34 bits per heavy atom. The van der Waals surface area contributed by atoms with Crippen LogP contribution < -0.4 is 30.6 Å². The van der Waals surface area contributed by atoms with Crippen LogP contribution in [0, 0.1) is 0 Å². The molecule has 0 atom stereocenters. The van der Waals surface area contributed by atoms with E-state index in [9.17, 15) is 0 Å². The highest BCUT2D eigenvalue weighted by molar-refractivity contribution is 5.60. The number of methoxy groups -OCH3 is 2. The van der Waals surface area contributed by atoms with Crippen LogP contribution in [0.3, 0.4) is 0 Å². The van der Waals surface area contributed by atoms with Gasteiger partial charge in [-0.15, -0.1) is 0 Å². The molecule has 0 amide bonds. The molecule has 6 nitrogen and oxygen atoms in total. The SMILES string of the molecule is COc1cc(Oc2ccc(Nc3ccccc3)cc2)cc(OC)c1CNCCc1ccc(N)cc1. The Bertz CT molecular complexity index is 1190. The molecule has 35 heavy (non-hydrogen) atoms. The molecule has 0 heterocycles. The van der Waals surface area contributed by atoms with Crippen molar-refractivity contribution < 1.29 is 14.2 Å². The minimum atomic E-state index is 0.613. The fourth-order valence-corrected chi connectivity index (χ4v) is 3.75. The van der Waals surface area contributed by atoms with Crippen molar-refractivity contribution in [2.24, 2.45) is 0 Å². The van der Waals surface area contributed by atoms with Crippen molar-refractivity contribution in [3.05, 3.63) is 102 Å². The van der Waals surface area contributed by atoms with Gasteiger partial charge in [0.1, 0.15) is 23.0 Å². The summed E-state index contributed by atoms with van der Waals surface area (Å²) in [5.74, 6) is 2.79. The molecular formula is C29H31N3O3. The molecule has 0 unspecified atom stereocenters. The van der Waals surface area contributed by atoms with Gasteiger partial charge in [-0.05, 0) is 67.1 Å². The number of ether oxygens (including phenoxy) is 3. The first-order valence-corrected chi connectivity index (χ1v) is 11.5. The standard InChI is InChI=1S/C29H31N3O3/c1-33-28-18-26(35-25-14-12-24(13-15-25)32-23-6-4-3-5-7-23)19-29(34-2)27(28)20-31-17-16-21-8-10-22(30)11-9-21/h3-15,18-19,31-32H,16-17,20,30H2,1-2H3. The molecule has 4 N–H and O–H groups in total. The van der Waals surface area contributed by atoms with Gasteiger partial charge in [-0.25, -0.2) is 0 Å². The number of benzene rings is 4. The van der Waals surface area contributed by atoms with Gasteiger partial charge < -0.3 is 30.6 Å². The maximum absolute atomic E-state index is 6.10. The minimum absolute atomic E-state index is 0.613. The normalized spacial score (nSPS) is 10.6. The minimum Gasteiger partial charge on any atom is -0.496 e. The van der Waals surface area contributed by atoms with Gasteiger partial charge in [0.25, 0.3) is 0 Å². The molecule has 0 aliphatic heterocycles. The predicted molar refractivity (Wildman–Crippen MR) is 142 cm³/mol. The molecule has 0 radical (unpaired) electrons. The Hall–Kier alpha value is -4.16. The molecule has 6 heteroatoms. The van der Waals surface area contributed by atoms with Gasteiger partial charge in [0.2, 0.25) is 0 Å². The summed E-state index contributed by atoms with van der Waals surface area (Å²) >= 11 is 0. The van der Waals surface area contributed by atoms with E-state index >= 15 is 0 Å². The summed E-state index contributed by atoms with van der Waals surface area (Å²) in [4.78, 5) is 0. The second-order valence-electron chi connectivity index (χ2n) is 8.09. The maximum Gasteiger partial charge on any atom is 0.134 e. The van der Waals surface area contributed by atoms with E-state index in [-0.39, 0.29) is 0 Å². The lowest BCUT2D eigenvalue weighted by Crippen LogP contribution is -2.17. The van der Waals surface area contributed by atoms with Crippen molar-refractivity contribution in [1.82, 2.24) is 5.32 Å². The van der Waals surface area contributed by atoms with Crippen LogP contribution in [0.2, 0.25) is 0 Å². The quantitative estimate of drug-likeness (QED) is 0.181. The zero-order chi connectivity index (χ0) is 24.5. The topological polar surface area (TPSA) is 77.8 Å². The van der Waals surface area contributed by atoms with Crippen LogP contribution in [0.4, 0.5) is 17.1 Å². The molecular weight excluding hydrogens is 438 g/mol. The van der Waals surface area contributed by atoms with Crippen molar-refractivity contribution in [3.63, 3.8) is 0 Å². The molecule has 0 aliphatic rings. The van der Waals surface area contributed by atoms with Crippen LogP contribution in [-0.4, -0.2) is 20.8 Å². The number of rotatable bonds is 11. The van der Waals surface area contributed by atoms with Gasteiger partial charge in [-0.2, -0.15) is 0 Å². The van der Waals surface area contributed by atoms with Gasteiger partial charge in [-0.3, -0.25) is 0 Å². The fraction of sp³-hybridized carbons (Fsp3) is 0.172. The van der Waals surface area contributed by atoms with E-state index in [2.05, 4.69) is 22.8 Å². The first kappa shape index (κ1) is 24.0. The van der Waals surface area contributed by atoms with Gasteiger partial charge >= 0.3 is 0 Å². The second-order valence-corrected chi connectivity index (χ2v) is 8.09. The third-order valence-corrected chi connectivity index (χ3v) is 5.61. The van der Waals surface area contributed by atoms with E-state index in [0.29, 0.717) is 23.8 Å². The first-order chi connectivity index (χ1) is 17.1. The Balaban J connectivity index is 1.39. The van der Waals surface area contributed by atoms with Crippen LogP contribution in [-0.2, 0) is 13.0 Å². The van der Waals surface area contributed by atoms with Gasteiger partial charge in [0, 0.05) is 35.7 Å². The van der Waals surface area contributed by atoms with Crippen molar-refractivity contribution in [3.8, 4) is 23.0 Å². The predicted octanol–water partition coefficient (Wildman–Crippen LogP) is 6.15. The molecule has 0 fully saturated rings. The van der Waals surface area contributed by atoms with Crippen LogP contribution in [0.5, 0.6) is 23.0 Å². The highest BCUT2D eigenvalue weighted by atomic mass is 16.5. The molecule has 0 aliphatic carbocycles. The van der Waals surface area contributed by atoms with Gasteiger partial charge in [-0.1, -0.05) is 30.3 Å². The third kappa shape index (κ3) is 6.68. The average molecular weight is 470 g/mol. The summed E-state index contributed by atoms with van der Waals surface area (Å²) in [6.45, 7) is 1.43. The smallest absolute Gasteiger partial charge is 0.134 e. The van der Waals surface area contributed by atoms with E-state index in [1.54, 1.807) is 14.2 Å². The lowest BCUT2D eigenvalue weighted by atomic mass is 10.1. The summed E-state index contributed by atoms with van der Waals surface area (Å²) in [6.07, 6.45) is 0.904. The summed E-state index contributed by atoms with van der Waals surface area (Å²) < 4.78 is 17.4. The highest BCUT2D eigenvalue weighted by Crippen LogP contribution is 2.36. The Morgan fingerprint density at radius 1 is 0.714 bits per heavy atom. The van der Waals surface area contributed by atoms with E-state index in [1.807, 2.05) is 78.9 Å². The number of para-hydroxylation sites is 1. The Labute approximate surface area is 206 Å². The number of anilines is 3. The molecule has 0 aromatic heterocycles. The van der Waals surface area contributed by atoms with Crippen LogP contribution in [0.15, 0.2) is 91.0 Å². The lowest BCUT2D eigenvalue weighted by molar-refractivity contribution is 0.375. The third-order valence-electron chi connectivity index (χ3n) is 5.61. The van der Waals surface area contributed by atoms with E-state index in [1.165, 1.54) is 5.56 Å². The Kier molecular flexibility index (Phi) is 8.09. The highest BCUT2D eigenvalue weighted by Gasteiger charge is 2.14. The average Bonchev–Trinajstić information content (AvgIpc) is 2.89. The van der Waals surface area contributed by atoms with E-state index in [4.69, 9.17) is 19.9 Å². The van der Waals surface area contributed by atoms with Crippen molar-refractivity contribution >= 4 is 17.1 Å². The zero-order valence-corrected chi connectivity index (χ0v) is 20.1. The molecule has 0 bridgehead atoms. The van der Waals surface area contributed by atoms with Crippen molar-refractivity contribution in [2.75, 3.05) is 31.8 Å². The fourth-order valence-electron chi connectivity index (χ4n) is 3.75. The molecule has 0 saturated carbocycles. The van der Waals surface area contributed by atoms with Crippen molar-refractivity contribution in [1.29, 1.82) is 0 Å². The second kappa shape index (κ2) is 11.8.